The molecule has 1 aromatic heterocycles. The Morgan fingerprint density at radius 1 is 1.25 bits per heavy atom. The summed E-state index contributed by atoms with van der Waals surface area (Å²) < 4.78 is 7.79. The summed E-state index contributed by atoms with van der Waals surface area (Å²) in [5.41, 5.74) is 2.24. The van der Waals surface area contributed by atoms with Gasteiger partial charge in [0.25, 0.3) is 0 Å². The highest BCUT2D eigenvalue weighted by Crippen LogP contribution is 2.16. The van der Waals surface area contributed by atoms with Crippen LogP contribution in [0.25, 0.3) is 0 Å². The topological polar surface area (TPSA) is 39.1 Å². The number of aromatic nitrogens is 2. The Balaban J connectivity index is 2.11. The monoisotopic (exact) mass is 273 g/mol. The summed E-state index contributed by atoms with van der Waals surface area (Å²) in [4.78, 5) is 0. The van der Waals surface area contributed by atoms with Crippen molar-refractivity contribution in [1.29, 1.82) is 0 Å². The van der Waals surface area contributed by atoms with E-state index in [2.05, 4.69) is 29.5 Å². The number of ether oxygens (including phenoxy) is 1. The molecule has 0 atom stereocenters. The highest BCUT2D eigenvalue weighted by atomic mass is 16.5. The molecule has 0 aliphatic rings. The summed E-state index contributed by atoms with van der Waals surface area (Å²) in [6.07, 6.45) is 2.20. The Bertz CT molecular complexity index is 508. The minimum Gasteiger partial charge on any atom is -0.478 e. The molecule has 0 fully saturated rings. The van der Waals surface area contributed by atoms with Crippen LogP contribution in [0.2, 0.25) is 0 Å². The van der Waals surface area contributed by atoms with Crippen LogP contribution < -0.4 is 10.1 Å². The average molecular weight is 273 g/mol. The molecule has 0 spiro atoms. The maximum absolute atomic E-state index is 5.85. The van der Waals surface area contributed by atoms with Crippen molar-refractivity contribution >= 4 is 0 Å². The third kappa shape index (κ3) is 4.10. The first kappa shape index (κ1) is 14.6. The van der Waals surface area contributed by atoms with Crippen molar-refractivity contribution in [1.82, 2.24) is 15.1 Å². The lowest BCUT2D eigenvalue weighted by molar-refractivity contribution is 0.280. The summed E-state index contributed by atoms with van der Waals surface area (Å²) in [7, 11) is 1.92. The summed E-state index contributed by atoms with van der Waals surface area (Å²) >= 11 is 0. The van der Waals surface area contributed by atoms with Crippen LogP contribution >= 0.6 is 0 Å². The van der Waals surface area contributed by atoms with Crippen LogP contribution in [0.5, 0.6) is 5.88 Å². The predicted molar refractivity (Wildman–Crippen MR) is 80.9 cm³/mol. The smallest absolute Gasteiger partial charge is 0.212 e. The van der Waals surface area contributed by atoms with E-state index in [9.17, 15) is 0 Å². The molecule has 4 heteroatoms. The third-order valence-corrected chi connectivity index (χ3v) is 3.07. The summed E-state index contributed by atoms with van der Waals surface area (Å²) in [5.74, 6) is 0.854. The highest BCUT2D eigenvalue weighted by molar-refractivity contribution is 5.20. The maximum Gasteiger partial charge on any atom is 0.212 e. The molecule has 20 heavy (non-hydrogen) atoms. The molecule has 4 nitrogen and oxygen atoms in total. The molecule has 2 aromatic rings. The molecular weight excluding hydrogens is 250 g/mol. The second kappa shape index (κ2) is 7.70. The average Bonchev–Trinajstić information content (AvgIpc) is 2.83. The molecule has 1 aromatic carbocycles. The van der Waals surface area contributed by atoms with Gasteiger partial charge in [-0.15, -0.1) is 0 Å². The molecule has 108 valence electrons. The maximum atomic E-state index is 5.85. The minimum absolute atomic E-state index is 0.742. The summed E-state index contributed by atoms with van der Waals surface area (Å²) in [5, 5.41) is 7.73. The Morgan fingerprint density at radius 2 is 2.05 bits per heavy atom. The van der Waals surface area contributed by atoms with E-state index in [0.29, 0.717) is 0 Å². The molecule has 0 saturated carbocycles. The molecule has 1 N–H and O–H groups in total. The number of nitrogens with one attached hydrogen (secondary N) is 1. The second-order valence-electron chi connectivity index (χ2n) is 4.85. The minimum atomic E-state index is 0.742. The van der Waals surface area contributed by atoms with E-state index >= 15 is 0 Å². The molecule has 0 saturated heterocycles. The highest BCUT2D eigenvalue weighted by Gasteiger charge is 2.09. The van der Waals surface area contributed by atoms with Gasteiger partial charge in [-0.3, -0.25) is 0 Å². The Morgan fingerprint density at radius 3 is 2.75 bits per heavy atom. The van der Waals surface area contributed by atoms with Crippen LogP contribution in [0.15, 0.2) is 36.4 Å². The van der Waals surface area contributed by atoms with Crippen molar-refractivity contribution in [2.45, 2.75) is 32.9 Å². The fourth-order valence-electron chi connectivity index (χ4n) is 2.02. The molecule has 0 radical (unpaired) electrons. The van der Waals surface area contributed by atoms with Gasteiger partial charge in [0, 0.05) is 12.6 Å². The number of unbranched alkanes of at least 4 members (excludes halogenated alkanes) is 1. The van der Waals surface area contributed by atoms with Crippen LogP contribution in [0, 0.1) is 0 Å². The van der Waals surface area contributed by atoms with E-state index in [4.69, 9.17) is 4.74 Å². The largest absolute Gasteiger partial charge is 0.478 e. The zero-order valence-corrected chi connectivity index (χ0v) is 12.3. The zero-order chi connectivity index (χ0) is 14.2. The molecule has 0 aliphatic heterocycles. The Kier molecular flexibility index (Phi) is 5.62. The molecule has 0 amide bonds. The van der Waals surface area contributed by atoms with Gasteiger partial charge in [0.1, 0.15) is 0 Å². The Hall–Kier alpha value is -1.81. The van der Waals surface area contributed by atoms with E-state index in [0.717, 1.165) is 44.1 Å². The van der Waals surface area contributed by atoms with Gasteiger partial charge < -0.3 is 10.1 Å². The van der Waals surface area contributed by atoms with Crippen molar-refractivity contribution in [3.63, 3.8) is 0 Å². The van der Waals surface area contributed by atoms with Crippen molar-refractivity contribution in [2.75, 3.05) is 13.7 Å². The SMILES string of the molecule is CCCCOc1cc(CNC)nn1Cc1ccccc1. The van der Waals surface area contributed by atoms with Gasteiger partial charge in [-0.2, -0.15) is 5.10 Å². The normalized spacial score (nSPS) is 10.7. The van der Waals surface area contributed by atoms with Crippen molar-refractivity contribution in [2.24, 2.45) is 0 Å². The Labute approximate surface area is 120 Å². The molecule has 0 unspecified atom stereocenters. The standard InChI is InChI=1S/C16H23N3O/c1-3-4-10-20-16-11-15(12-17-2)18-19(16)13-14-8-6-5-7-9-14/h5-9,11,17H,3-4,10,12-13H2,1-2H3. The number of benzene rings is 1. The van der Waals surface area contributed by atoms with Gasteiger partial charge in [-0.05, 0) is 19.0 Å². The lowest BCUT2D eigenvalue weighted by atomic mass is 10.2. The van der Waals surface area contributed by atoms with E-state index in [1.165, 1.54) is 5.56 Å². The van der Waals surface area contributed by atoms with E-state index in [1.807, 2.05) is 36.0 Å². The van der Waals surface area contributed by atoms with E-state index in [1.54, 1.807) is 0 Å². The number of rotatable bonds is 8. The van der Waals surface area contributed by atoms with Crippen molar-refractivity contribution < 1.29 is 4.74 Å². The fraction of sp³-hybridized carbons (Fsp3) is 0.438. The molecule has 0 aliphatic carbocycles. The zero-order valence-electron chi connectivity index (χ0n) is 12.3. The number of nitrogens with zero attached hydrogens (tertiary/aromatic N) is 2. The molecule has 0 bridgehead atoms. The van der Waals surface area contributed by atoms with Gasteiger partial charge in [0.05, 0.1) is 18.8 Å². The predicted octanol–water partition coefficient (Wildman–Crippen LogP) is 2.83. The van der Waals surface area contributed by atoms with E-state index in [-0.39, 0.29) is 0 Å². The summed E-state index contributed by atoms with van der Waals surface area (Å²) in [6, 6.07) is 12.4. The second-order valence-corrected chi connectivity index (χ2v) is 4.85. The van der Waals surface area contributed by atoms with Crippen LogP contribution in [-0.2, 0) is 13.1 Å². The van der Waals surface area contributed by atoms with Gasteiger partial charge in [0.15, 0.2) is 0 Å². The first-order valence-corrected chi connectivity index (χ1v) is 7.21. The molecule has 1 heterocycles. The van der Waals surface area contributed by atoms with Gasteiger partial charge in [-0.1, -0.05) is 43.7 Å². The first-order valence-electron chi connectivity index (χ1n) is 7.21. The van der Waals surface area contributed by atoms with Gasteiger partial charge in [0.2, 0.25) is 5.88 Å². The van der Waals surface area contributed by atoms with Gasteiger partial charge in [-0.25, -0.2) is 4.68 Å². The number of hydrogen-bond acceptors (Lipinski definition) is 3. The fourth-order valence-corrected chi connectivity index (χ4v) is 2.02. The van der Waals surface area contributed by atoms with Crippen LogP contribution in [-0.4, -0.2) is 23.4 Å². The lowest BCUT2D eigenvalue weighted by Crippen LogP contribution is -2.09. The van der Waals surface area contributed by atoms with Crippen molar-refractivity contribution in [3.05, 3.63) is 47.7 Å². The first-order chi connectivity index (χ1) is 9.83. The summed E-state index contributed by atoms with van der Waals surface area (Å²) in [6.45, 7) is 4.41. The molecule has 2 rings (SSSR count). The van der Waals surface area contributed by atoms with Crippen LogP contribution in [0.1, 0.15) is 31.0 Å². The van der Waals surface area contributed by atoms with Crippen molar-refractivity contribution in [3.8, 4) is 5.88 Å². The van der Waals surface area contributed by atoms with Crippen LogP contribution in [0.4, 0.5) is 0 Å². The lowest BCUT2D eigenvalue weighted by Gasteiger charge is -2.08. The van der Waals surface area contributed by atoms with Gasteiger partial charge >= 0.3 is 0 Å². The quantitative estimate of drug-likeness (QED) is 0.752. The number of hydrogen-bond donors (Lipinski definition) is 1. The van der Waals surface area contributed by atoms with Crippen LogP contribution in [0.3, 0.4) is 0 Å². The van der Waals surface area contributed by atoms with E-state index < -0.39 is 0 Å². The molecular formula is C16H23N3O. The third-order valence-electron chi connectivity index (χ3n) is 3.07.